The number of carbonyl (C=O) groups excluding carboxylic acids is 1. The van der Waals surface area contributed by atoms with Crippen LogP contribution in [0.2, 0.25) is 0 Å². The minimum Gasteiger partial charge on any atom is -0.328 e. The third-order valence-corrected chi connectivity index (χ3v) is 5.23. The molecule has 138 valence electrons. The molecule has 0 saturated heterocycles. The fourth-order valence-corrected chi connectivity index (χ4v) is 4.00. The maximum absolute atomic E-state index is 11.3. The molecule has 0 unspecified atom stereocenters. The van der Waals surface area contributed by atoms with Crippen LogP contribution >= 0.6 is 0 Å². The number of rotatable bonds is 4. The first-order valence-corrected chi connectivity index (χ1v) is 9.63. The average molecular weight is 344 g/mol. The Bertz CT molecular complexity index is 754. The molecule has 1 aromatic heterocycles. The molecule has 25 heavy (non-hydrogen) atoms. The van der Waals surface area contributed by atoms with E-state index in [4.69, 9.17) is 4.98 Å². The van der Waals surface area contributed by atoms with Crippen molar-refractivity contribution in [2.24, 2.45) is 5.92 Å². The summed E-state index contributed by atoms with van der Waals surface area (Å²) in [5.74, 6) is 1.95. The highest BCUT2D eigenvalue weighted by molar-refractivity contribution is 5.91. The molecule has 0 radical (unpaired) electrons. The van der Waals surface area contributed by atoms with Crippen LogP contribution in [0.3, 0.4) is 0 Å². The van der Waals surface area contributed by atoms with E-state index >= 15 is 0 Å². The molecule has 1 amide bonds. The smallest absolute Gasteiger partial charge is 0.221 e. The number of aromatic nitrogens is 2. The van der Waals surface area contributed by atoms with E-state index in [0.717, 1.165) is 29.5 Å². The fraction of sp³-hybridized carbons (Fsp3) is 0.619. The van der Waals surface area contributed by atoms with E-state index in [-0.39, 0.29) is 12.7 Å². The lowest BCUT2D eigenvalue weighted by molar-refractivity contribution is -0.114. The molecule has 0 bridgehead atoms. The molecule has 0 atom stereocenters. The molecule has 2 aromatic rings. The van der Waals surface area contributed by atoms with Crippen molar-refractivity contribution in [1.82, 2.24) is 9.55 Å². The van der Waals surface area contributed by atoms with Gasteiger partial charge in [0.05, 0.1) is 11.0 Å². The van der Waals surface area contributed by atoms with E-state index in [1.165, 1.54) is 51.0 Å². The third kappa shape index (κ3) is 4.23. The topological polar surface area (TPSA) is 46.9 Å². The Balaban J connectivity index is 0.00000243. The summed E-state index contributed by atoms with van der Waals surface area (Å²) in [6.45, 7) is 9.24. The van der Waals surface area contributed by atoms with Crippen molar-refractivity contribution < 1.29 is 6.22 Å². The van der Waals surface area contributed by atoms with Gasteiger partial charge in [0, 0.05) is 26.0 Å². The second-order valence-corrected chi connectivity index (χ2v) is 8.51. The molecule has 1 saturated carbocycles. The summed E-state index contributed by atoms with van der Waals surface area (Å²) in [6.07, 6.45) is 8.18. The van der Waals surface area contributed by atoms with Gasteiger partial charge in [-0.1, -0.05) is 52.9 Å². The van der Waals surface area contributed by atoms with Crippen molar-refractivity contribution in [3.8, 4) is 0 Å². The van der Waals surface area contributed by atoms with Crippen LogP contribution in [0, 0.1) is 5.92 Å². The van der Waals surface area contributed by atoms with E-state index in [0.29, 0.717) is 0 Å². The van der Waals surface area contributed by atoms with Gasteiger partial charge in [0.1, 0.15) is 5.82 Å². The molecule has 1 aromatic carbocycles. The van der Waals surface area contributed by atoms with Crippen molar-refractivity contribution in [3.05, 3.63) is 24.0 Å². The van der Waals surface area contributed by atoms with E-state index in [9.17, 15) is 4.79 Å². The highest BCUT2D eigenvalue weighted by Gasteiger charge is 2.24. The summed E-state index contributed by atoms with van der Waals surface area (Å²) in [5, 5.41) is 2.86. The van der Waals surface area contributed by atoms with Gasteiger partial charge in [0.15, 0.2) is 0 Å². The molecule has 1 N–H and O–H groups in total. The Hall–Kier alpha value is -1.84. The zero-order chi connectivity index (χ0) is 18.0. The first-order chi connectivity index (χ1) is 11.8. The van der Waals surface area contributed by atoms with Crippen LogP contribution in [0.5, 0.6) is 0 Å². The molecule has 3 rings (SSSR count). The predicted octanol–water partition coefficient (Wildman–Crippen LogP) is 5.51. The Kier molecular flexibility index (Phi) is 5.16. The van der Waals surface area contributed by atoms with Gasteiger partial charge in [-0.05, 0) is 30.5 Å². The van der Waals surface area contributed by atoms with E-state index in [1.807, 2.05) is 12.1 Å². The van der Waals surface area contributed by atoms with Crippen molar-refractivity contribution in [2.45, 2.75) is 78.2 Å². The molecule has 0 spiro atoms. The maximum Gasteiger partial charge on any atom is 0.221 e. The summed E-state index contributed by atoms with van der Waals surface area (Å²) in [7, 11) is 0. The van der Waals surface area contributed by atoms with Gasteiger partial charge in [0.2, 0.25) is 5.91 Å². The van der Waals surface area contributed by atoms with Gasteiger partial charge < -0.3 is 9.88 Å². The second kappa shape index (κ2) is 7.19. The molecule has 1 aliphatic rings. The number of imidazole rings is 1. The Morgan fingerprint density at radius 3 is 2.64 bits per heavy atom. The lowest BCUT2D eigenvalue weighted by Crippen LogP contribution is -2.20. The zero-order valence-corrected chi connectivity index (χ0v) is 16.1. The van der Waals surface area contributed by atoms with Crippen LogP contribution in [0.15, 0.2) is 18.2 Å². The van der Waals surface area contributed by atoms with Gasteiger partial charge in [-0.3, -0.25) is 4.79 Å². The normalized spacial score (nSPS) is 16.3. The molecular weight excluding hydrogens is 310 g/mol. The first-order valence-electron chi connectivity index (χ1n) is 9.63. The monoisotopic (exact) mass is 343 g/mol. The summed E-state index contributed by atoms with van der Waals surface area (Å²) in [6, 6.07) is 6.07. The van der Waals surface area contributed by atoms with Crippen molar-refractivity contribution in [2.75, 3.05) is 5.32 Å². The summed E-state index contributed by atoms with van der Waals surface area (Å²) >= 11 is 0. The van der Waals surface area contributed by atoms with Gasteiger partial charge >= 0.3 is 0 Å². The number of carbonyl (C=O) groups is 1. The zero-order valence-electron chi connectivity index (χ0n) is 16.1. The average Bonchev–Trinajstić information content (AvgIpc) is 2.91. The molecule has 1 fully saturated rings. The SMILES string of the molecule is CC(=O)Nc1ccc2c(c1)nc(C(C)(C)C)n2CCC1CCCCC1.[HH]. The van der Waals surface area contributed by atoms with E-state index in [1.54, 1.807) is 0 Å². The summed E-state index contributed by atoms with van der Waals surface area (Å²) in [4.78, 5) is 16.2. The van der Waals surface area contributed by atoms with Crippen LogP contribution in [0.25, 0.3) is 11.0 Å². The van der Waals surface area contributed by atoms with Crippen LogP contribution in [-0.4, -0.2) is 15.5 Å². The lowest BCUT2D eigenvalue weighted by Gasteiger charge is -2.24. The Morgan fingerprint density at radius 2 is 2.00 bits per heavy atom. The predicted molar refractivity (Wildman–Crippen MR) is 106 cm³/mol. The van der Waals surface area contributed by atoms with Crippen molar-refractivity contribution in [1.29, 1.82) is 0 Å². The summed E-state index contributed by atoms with van der Waals surface area (Å²) in [5.41, 5.74) is 2.96. The van der Waals surface area contributed by atoms with Gasteiger partial charge in [-0.2, -0.15) is 0 Å². The Morgan fingerprint density at radius 1 is 1.28 bits per heavy atom. The number of fused-ring (bicyclic) bond motifs is 1. The highest BCUT2D eigenvalue weighted by Crippen LogP contribution is 2.31. The standard InChI is InChI=1S/C21H31N3O.H2/c1-15(25)22-17-10-11-19-18(14-17)23-20(21(2,3)4)24(19)13-12-16-8-6-5-7-9-16;/h10-11,14,16H,5-9,12-13H2,1-4H3,(H,22,25);1H. The number of amides is 1. The van der Waals surface area contributed by atoms with Crippen LogP contribution in [-0.2, 0) is 16.8 Å². The molecule has 1 heterocycles. The number of aryl methyl sites for hydroxylation is 1. The molecular formula is C21H33N3O. The Labute approximate surface area is 152 Å². The van der Waals surface area contributed by atoms with Crippen molar-refractivity contribution in [3.63, 3.8) is 0 Å². The minimum absolute atomic E-state index is 0. The van der Waals surface area contributed by atoms with Crippen molar-refractivity contribution >= 4 is 22.6 Å². The van der Waals surface area contributed by atoms with Crippen LogP contribution in [0.4, 0.5) is 5.69 Å². The lowest BCUT2D eigenvalue weighted by atomic mass is 9.87. The number of nitrogens with zero attached hydrogens (tertiary/aromatic N) is 2. The number of nitrogens with one attached hydrogen (secondary N) is 1. The second-order valence-electron chi connectivity index (χ2n) is 8.51. The van der Waals surface area contributed by atoms with E-state index < -0.39 is 0 Å². The number of benzene rings is 1. The largest absolute Gasteiger partial charge is 0.328 e. The molecule has 0 aliphatic heterocycles. The number of hydrogen-bond acceptors (Lipinski definition) is 2. The van der Waals surface area contributed by atoms with E-state index in [2.05, 4.69) is 36.7 Å². The van der Waals surface area contributed by atoms with Gasteiger partial charge in [-0.15, -0.1) is 0 Å². The number of anilines is 1. The first kappa shape index (κ1) is 18.0. The number of hydrogen-bond donors (Lipinski definition) is 1. The molecule has 4 nitrogen and oxygen atoms in total. The van der Waals surface area contributed by atoms with Crippen LogP contribution < -0.4 is 5.32 Å². The van der Waals surface area contributed by atoms with Gasteiger partial charge in [0.25, 0.3) is 0 Å². The summed E-state index contributed by atoms with van der Waals surface area (Å²) < 4.78 is 2.40. The maximum atomic E-state index is 11.3. The van der Waals surface area contributed by atoms with Gasteiger partial charge in [-0.25, -0.2) is 4.98 Å². The molecule has 1 aliphatic carbocycles. The third-order valence-electron chi connectivity index (χ3n) is 5.23. The quantitative estimate of drug-likeness (QED) is 0.796. The minimum atomic E-state index is -0.0490. The molecule has 4 heteroatoms. The highest BCUT2D eigenvalue weighted by atomic mass is 16.1. The fourth-order valence-electron chi connectivity index (χ4n) is 4.00. The van der Waals surface area contributed by atoms with Crippen LogP contribution in [0.1, 0.15) is 73.5 Å².